The van der Waals surface area contributed by atoms with Gasteiger partial charge in [-0.05, 0) is 23.8 Å². The molecule has 1 aromatic heterocycles. The van der Waals surface area contributed by atoms with Gasteiger partial charge in [0.2, 0.25) is 5.75 Å². The molecule has 1 aliphatic carbocycles. The van der Waals surface area contributed by atoms with Gasteiger partial charge in [-0.1, -0.05) is 12.1 Å². The first kappa shape index (κ1) is 14.5. The minimum absolute atomic E-state index is 0.0687. The lowest BCUT2D eigenvalue weighted by Crippen LogP contribution is -1.98. The van der Waals surface area contributed by atoms with E-state index in [1.807, 2.05) is 12.1 Å². The monoisotopic (exact) mass is 321 g/mol. The molecule has 0 aliphatic heterocycles. The van der Waals surface area contributed by atoms with E-state index in [1.165, 1.54) is 6.07 Å². The molecule has 120 valence electrons. The standard InChI is InChI=1S/C19H15NO4/c1-22-17-12-7-8-20-16-13-9-10(21)5-4-6-11(13)15(14(12)16)18(23-2)19(17)24-3/h4-9H,1-3H3. The fourth-order valence-corrected chi connectivity index (χ4v) is 3.41. The molecule has 1 heterocycles. The van der Waals surface area contributed by atoms with E-state index in [0.29, 0.717) is 17.2 Å². The van der Waals surface area contributed by atoms with Crippen molar-refractivity contribution in [1.29, 1.82) is 0 Å². The maximum absolute atomic E-state index is 12.0. The number of nitrogens with zero attached hydrogens (tertiary/aromatic N) is 1. The number of fused-ring (bicyclic) bond motifs is 3. The largest absolute Gasteiger partial charge is 0.492 e. The molecule has 3 aromatic rings. The summed E-state index contributed by atoms with van der Waals surface area (Å²) in [5.41, 5.74) is 3.25. The van der Waals surface area contributed by atoms with Gasteiger partial charge in [0.15, 0.2) is 16.9 Å². The van der Waals surface area contributed by atoms with Crippen molar-refractivity contribution in [1.82, 2.24) is 4.98 Å². The van der Waals surface area contributed by atoms with Crippen LogP contribution in [0.1, 0.15) is 0 Å². The van der Waals surface area contributed by atoms with Crippen LogP contribution in [0.2, 0.25) is 0 Å². The minimum Gasteiger partial charge on any atom is -0.492 e. The van der Waals surface area contributed by atoms with Crippen molar-refractivity contribution >= 4 is 10.8 Å². The molecule has 24 heavy (non-hydrogen) atoms. The first-order valence-corrected chi connectivity index (χ1v) is 7.47. The average Bonchev–Trinajstić information content (AvgIpc) is 2.77. The van der Waals surface area contributed by atoms with Gasteiger partial charge in [-0.2, -0.15) is 0 Å². The van der Waals surface area contributed by atoms with Crippen LogP contribution < -0.4 is 19.6 Å². The van der Waals surface area contributed by atoms with Gasteiger partial charge in [-0.3, -0.25) is 9.78 Å². The van der Waals surface area contributed by atoms with Crippen molar-refractivity contribution in [3.8, 4) is 39.6 Å². The average molecular weight is 321 g/mol. The number of aromatic nitrogens is 1. The van der Waals surface area contributed by atoms with Gasteiger partial charge in [0.05, 0.1) is 27.0 Å². The predicted octanol–water partition coefficient (Wildman–Crippen LogP) is 3.27. The highest BCUT2D eigenvalue weighted by atomic mass is 16.5. The molecule has 0 N–H and O–H groups in total. The van der Waals surface area contributed by atoms with Crippen LogP contribution in [0.15, 0.2) is 41.3 Å². The lowest BCUT2D eigenvalue weighted by atomic mass is 10.0. The first-order valence-electron chi connectivity index (χ1n) is 7.47. The van der Waals surface area contributed by atoms with Crippen molar-refractivity contribution < 1.29 is 14.2 Å². The minimum atomic E-state index is -0.0687. The summed E-state index contributed by atoms with van der Waals surface area (Å²) in [7, 11) is 4.77. The van der Waals surface area contributed by atoms with Gasteiger partial charge in [-0.25, -0.2) is 0 Å². The molecule has 0 fully saturated rings. The lowest BCUT2D eigenvalue weighted by molar-refractivity contribution is 0.328. The number of benzene rings is 1. The van der Waals surface area contributed by atoms with E-state index < -0.39 is 0 Å². The third kappa shape index (κ3) is 1.75. The Morgan fingerprint density at radius 3 is 2.33 bits per heavy atom. The second kappa shape index (κ2) is 5.23. The fraction of sp³-hybridized carbons (Fsp3) is 0.158. The maximum Gasteiger partial charge on any atom is 0.204 e. The van der Waals surface area contributed by atoms with Gasteiger partial charge in [-0.15, -0.1) is 0 Å². The number of ether oxygens (including phenoxy) is 3. The highest BCUT2D eigenvalue weighted by molar-refractivity contribution is 6.18. The van der Waals surface area contributed by atoms with Crippen LogP contribution in [0.4, 0.5) is 0 Å². The van der Waals surface area contributed by atoms with Gasteiger partial charge >= 0.3 is 0 Å². The molecule has 0 saturated carbocycles. The molecule has 0 atom stereocenters. The number of pyridine rings is 1. The van der Waals surface area contributed by atoms with E-state index >= 15 is 0 Å². The molecule has 0 saturated heterocycles. The predicted molar refractivity (Wildman–Crippen MR) is 92.1 cm³/mol. The highest BCUT2D eigenvalue weighted by Gasteiger charge is 2.31. The maximum atomic E-state index is 12.0. The summed E-state index contributed by atoms with van der Waals surface area (Å²) in [4.78, 5) is 16.5. The molecule has 0 amide bonds. The SMILES string of the molecule is COc1c(OC)c2c3c(nccc3c1OC)-c1cc(=O)cccc1-2. The summed E-state index contributed by atoms with van der Waals surface area (Å²) in [6, 6.07) is 8.67. The quantitative estimate of drug-likeness (QED) is 0.579. The molecule has 0 radical (unpaired) electrons. The Hall–Kier alpha value is -3.08. The second-order valence-electron chi connectivity index (χ2n) is 5.46. The third-order valence-electron chi connectivity index (χ3n) is 4.32. The highest BCUT2D eigenvalue weighted by Crippen LogP contribution is 2.57. The molecule has 5 nitrogen and oxygen atoms in total. The van der Waals surface area contributed by atoms with Crippen LogP contribution in [0.3, 0.4) is 0 Å². The van der Waals surface area contributed by atoms with E-state index in [4.69, 9.17) is 14.2 Å². The summed E-state index contributed by atoms with van der Waals surface area (Å²) in [5.74, 6) is 1.70. The second-order valence-corrected chi connectivity index (χ2v) is 5.46. The Kier molecular flexibility index (Phi) is 3.16. The third-order valence-corrected chi connectivity index (χ3v) is 4.32. The van der Waals surface area contributed by atoms with Crippen molar-refractivity contribution in [2.75, 3.05) is 21.3 Å². The van der Waals surface area contributed by atoms with Gasteiger partial charge in [0.25, 0.3) is 0 Å². The van der Waals surface area contributed by atoms with Crippen LogP contribution in [0.5, 0.6) is 17.2 Å². The smallest absolute Gasteiger partial charge is 0.204 e. The summed E-state index contributed by atoms with van der Waals surface area (Å²) in [6.07, 6.45) is 1.71. The summed E-state index contributed by atoms with van der Waals surface area (Å²) in [6.45, 7) is 0. The molecule has 0 spiro atoms. The van der Waals surface area contributed by atoms with Crippen molar-refractivity contribution in [2.24, 2.45) is 0 Å². The zero-order valence-electron chi connectivity index (χ0n) is 13.5. The summed E-state index contributed by atoms with van der Waals surface area (Å²) < 4.78 is 16.8. The summed E-state index contributed by atoms with van der Waals surface area (Å²) >= 11 is 0. The topological polar surface area (TPSA) is 57.6 Å². The van der Waals surface area contributed by atoms with Crippen LogP contribution in [0, 0.1) is 0 Å². The Labute approximate surface area is 138 Å². The van der Waals surface area contributed by atoms with Gasteiger partial charge in [0, 0.05) is 28.1 Å². The van der Waals surface area contributed by atoms with E-state index in [0.717, 1.165) is 33.2 Å². The Morgan fingerprint density at radius 2 is 1.62 bits per heavy atom. The normalized spacial score (nSPS) is 11.3. The molecule has 1 aliphatic rings. The zero-order valence-corrected chi connectivity index (χ0v) is 13.5. The van der Waals surface area contributed by atoms with E-state index in [1.54, 1.807) is 39.7 Å². The molecular formula is C19H15NO4. The van der Waals surface area contributed by atoms with Crippen molar-refractivity contribution in [3.63, 3.8) is 0 Å². The number of hydrogen-bond acceptors (Lipinski definition) is 5. The molecule has 2 aromatic carbocycles. The number of methoxy groups -OCH3 is 3. The van der Waals surface area contributed by atoms with Crippen LogP contribution in [-0.2, 0) is 0 Å². The van der Waals surface area contributed by atoms with Gasteiger partial charge < -0.3 is 14.2 Å². The van der Waals surface area contributed by atoms with E-state index in [-0.39, 0.29) is 5.43 Å². The van der Waals surface area contributed by atoms with Gasteiger partial charge in [0.1, 0.15) is 0 Å². The van der Waals surface area contributed by atoms with Crippen LogP contribution >= 0.6 is 0 Å². The first-order chi connectivity index (χ1) is 11.7. The molecule has 0 bridgehead atoms. The number of rotatable bonds is 3. The zero-order chi connectivity index (χ0) is 16.8. The van der Waals surface area contributed by atoms with Crippen molar-refractivity contribution in [2.45, 2.75) is 0 Å². The Bertz CT molecular complexity index is 1040. The van der Waals surface area contributed by atoms with E-state index in [9.17, 15) is 4.79 Å². The van der Waals surface area contributed by atoms with Crippen LogP contribution in [-0.4, -0.2) is 26.3 Å². The molecular weight excluding hydrogens is 306 g/mol. The molecule has 4 rings (SSSR count). The molecule has 0 unspecified atom stereocenters. The Morgan fingerprint density at radius 1 is 0.875 bits per heavy atom. The summed E-state index contributed by atoms with van der Waals surface area (Å²) in [5, 5.41) is 1.79. The molecule has 5 heteroatoms. The van der Waals surface area contributed by atoms with Crippen molar-refractivity contribution in [3.05, 3.63) is 46.8 Å². The Balaban J connectivity index is 2.29. The number of hydrogen-bond donors (Lipinski definition) is 0. The lowest BCUT2D eigenvalue weighted by Gasteiger charge is -2.17. The van der Waals surface area contributed by atoms with E-state index in [2.05, 4.69) is 4.98 Å². The fourth-order valence-electron chi connectivity index (χ4n) is 3.41. The van der Waals surface area contributed by atoms with Crippen LogP contribution in [0.25, 0.3) is 33.2 Å².